The second kappa shape index (κ2) is 6.24. The van der Waals surface area contributed by atoms with Crippen LogP contribution in [0.1, 0.15) is 39.2 Å². The quantitative estimate of drug-likeness (QED) is 0.544. The minimum Gasteiger partial charge on any atom is -0.368 e. The van der Waals surface area contributed by atoms with Gasteiger partial charge in [0.05, 0.1) is 0 Å². The molecule has 5 nitrogen and oxygen atoms in total. The molecule has 0 saturated heterocycles. The summed E-state index contributed by atoms with van der Waals surface area (Å²) in [6.07, 6.45) is 3.63. The summed E-state index contributed by atoms with van der Waals surface area (Å²) in [5, 5.41) is 3.39. The summed E-state index contributed by atoms with van der Waals surface area (Å²) in [5.74, 6) is 7.34. The Kier molecular flexibility index (Phi) is 5.22. The zero-order valence-corrected chi connectivity index (χ0v) is 12.6. The van der Waals surface area contributed by atoms with E-state index in [2.05, 4.69) is 54.7 Å². The van der Waals surface area contributed by atoms with E-state index in [1.807, 2.05) is 11.8 Å². The predicted molar refractivity (Wildman–Crippen MR) is 80.0 cm³/mol. The average Bonchev–Trinajstić information content (AvgIpc) is 2.35. The van der Waals surface area contributed by atoms with Crippen LogP contribution in [0.25, 0.3) is 0 Å². The number of nitrogens with two attached hydrogens (primary N) is 1. The molecule has 0 aliphatic heterocycles. The second-order valence-electron chi connectivity index (χ2n) is 5.10. The van der Waals surface area contributed by atoms with Crippen LogP contribution in [-0.2, 0) is 0 Å². The number of rotatable bonds is 6. The molecule has 0 saturated carbocycles. The fourth-order valence-corrected chi connectivity index (χ4v) is 1.78. The molecule has 0 bridgehead atoms. The largest absolute Gasteiger partial charge is 0.368 e. The van der Waals surface area contributed by atoms with Crippen LogP contribution in [0.4, 0.5) is 11.6 Å². The zero-order valence-electron chi connectivity index (χ0n) is 11.7. The molecule has 6 heteroatoms. The molecular weight excluding hydrogens is 246 g/mol. The molecule has 1 aromatic heterocycles. The van der Waals surface area contributed by atoms with Crippen LogP contribution in [0.2, 0.25) is 0 Å². The average molecular weight is 269 g/mol. The van der Waals surface area contributed by atoms with E-state index < -0.39 is 0 Å². The normalized spacial score (nSPS) is 11.7. The van der Waals surface area contributed by atoms with Gasteiger partial charge in [-0.25, -0.2) is 15.8 Å². The van der Waals surface area contributed by atoms with Gasteiger partial charge in [-0.2, -0.15) is 11.8 Å². The van der Waals surface area contributed by atoms with Gasteiger partial charge in [0.2, 0.25) is 0 Å². The molecule has 0 aromatic carbocycles. The van der Waals surface area contributed by atoms with Crippen molar-refractivity contribution in [3.05, 3.63) is 11.9 Å². The maximum Gasteiger partial charge on any atom is 0.148 e. The fourth-order valence-electron chi connectivity index (χ4n) is 1.57. The summed E-state index contributed by atoms with van der Waals surface area (Å²) in [7, 11) is 0. The Labute approximate surface area is 113 Å². The first-order valence-electron chi connectivity index (χ1n) is 6.02. The van der Waals surface area contributed by atoms with Crippen molar-refractivity contribution >= 4 is 23.4 Å². The lowest BCUT2D eigenvalue weighted by atomic mass is 10.0. The summed E-state index contributed by atoms with van der Waals surface area (Å²) in [5.41, 5.74) is 3.66. The van der Waals surface area contributed by atoms with E-state index in [9.17, 15) is 0 Å². The zero-order chi connectivity index (χ0) is 13.8. The van der Waals surface area contributed by atoms with Crippen LogP contribution in [0.5, 0.6) is 0 Å². The Balaban J connectivity index is 2.95. The summed E-state index contributed by atoms with van der Waals surface area (Å²) in [6.45, 7) is 9.44. The molecule has 1 heterocycles. The van der Waals surface area contributed by atoms with Crippen molar-refractivity contribution in [3.8, 4) is 0 Å². The molecule has 18 heavy (non-hydrogen) atoms. The van der Waals surface area contributed by atoms with Crippen molar-refractivity contribution in [2.75, 3.05) is 23.5 Å². The molecule has 102 valence electrons. The molecule has 0 spiro atoms. The van der Waals surface area contributed by atoms with E-state index in [4.69, 9.17) is 5.84 Å². The number of nitrogens with zero attached hydrogens (tertiary/aromatic N) is 2. The molecule has 0 aliphatic rings. The number of hydrogen-bond donors (Lipinski definition) is 3. The topological polar surface area (TPSA) is 75.9 Å². The molecule has 4 N–H and O–H groups in total. The van der Waals surface area contributed by atoms with Crippen LogP contribution in [0.3, 0.4) is 0 Å². The van der Waals surface area contributed by atoms with E-state index in [1.165, 1.54) is 6.33 Å². The molecule has 1 rings (SSSR count). The number of hydrazine groups is 1. The van der Waals surface area contributed by atoms with E-state index >= 15 is 0 Å². The second-order valence-corrected chi connectivity index (χ2v) is 6.61. The summed E-state index contributed by atoms with van der Waals surface area (Å²) in [6, 6.07) is 0. The van der Waals surface area contributed by atoms with Crippen molar-refractivity contribution in [2.24, 2.45) is 5.84 Å². The highest BCUT2D eigenvalue weighted by molar-refractivity contribution is 7.99. The third kappa shape index (κ3) is 3.74. The van der Waals surface area contributed by atoms with Crippen molar-refractivity contribution in [1.82, 2.24) is 9.97 Å². The van der Waals surface area contributed by atoms with Crippen molar-refractivity contribution in [3.63, 3.8) is 0 Å². The van der Waals surface area contributed by atoms with E-state index in [0.29, 0.717) is 11.7 Å². The summed E-state index contributed by atoms with van der Waals surface area (Å²) < 4.78 is 0.162. The van der Waals surface area contributed by atoms with Crippen molar-refractivity contribution in [1.29, 1.82) is 0 Å². The molecule has 0 radical (unpaired) electrons. The fraction of sp³-hybridized carbons (Fsp3) is 0.667. The lowest BCUT2D eigenvalue weighted by Crippen LogP contribution is -2.27. The molecule has 0 aliphatic carbocycles. The first kappa shape index (κ1) is 15.0. The van der Waals surface area contributed by atoms with Gasteiger partial charge in [-0.15, -0.1) is 0 Å². The lowest BCUT2D eigenvalue weighted by molar-refractivity contribution is 0.744. The van der Waals surface area contributed by atoms with E-state index in [-0.39, 0.29) is 4.75 Å². The molecule has 0 amide bonds. The monoisotopic (exact) mass is 269 g/mol. The van der Waals surface area contributed by atoms with Gasteiger partial charge < -0.3 is 10.7 Å². The molecule has 1 aromatic rings. The minimum absolute atomic E-state index is 0.162. The Bertz CT molecular complexity index is 392. The molecular formula is C12H23N5S. The maximum atomic E-state index is 5.49. The van der Waals surface area contributed by atoms with Gasteiger partial charge in [0.15, 0.2) is 0 Å². The molecule has 0 atom stereocenters. The number of hydrogen-bond acceptors (Lipinski definition) is 6. The van der Waals surface area contributed by atoms with Crippen LogP contribution >= 0.6 is 11.8 Å². The van der Waals surface area contributed by atoms with Crippen LogP contribution in [0.15, 0.2) is 6.33 Å². The number of nitrogen functional groups attached to an aromatic ring is 1. The van der Waals surface area contributed by atoms with E-state index in [1.54, 1.807) is 0 Å². The smallest absolute Gasteiger partial charge is 0.148 e. The Morgan fingerprint density at radius 2 is 1.94 bits per heavy atom. The Morgan fingerprint density at radius 3 is 2.44 bits per heavy atom. The third-order valence-corrected chi connectivity index (χ3v) is 4.08. The maximum absolute atomic E-state index is 5.49. The Hall–Kier alpha value is -1.01. The van der Waals surface area contributed by atoms with Gasteiger partial charge in [0.1, 0.15) is 18.0 Å². The van der Waals surface area contributed by atoms with Gasteiger partial charge in [-0.3, -0.25) is 0 Å². The SMILES string of the molecule is CSC(C)(C)CNc1ncnc(NN)c1C(C)C. The van der Waals surface area contributed by atoms with Gasteiger partial charge in [0, 0.05) is 16.9 Å². The minimum atomic E-state index is 0.162. The highest BCUT2D eigenvalue weighted by Gasteiger charge is 2.19. The van der Waals surface area contributed by atoms with Gasteiger partial charge in [-0.05, 0) is 26.0 Å². The first-order chi connectivity index (χ1) is 8.41. The number of nitrogens with one attached hydrogen (secondary N) is 2. The van der Waals surface area contributed by atoms with Crippen molar-refractivity contribution < 1.29 is 0 Å². The van der Waals surface area contributed by atoms with Gasteiger partial charge in [0.25, 0.3) is 0 Å². The lowest BCUT2D eigenvalue weighted by Gasteiger charge is -2.24. The number of anilines is 2. The van der Waals surface area contributed by atoms with Crippen molar-refractivity contribution in [2.45, 2.75) is 38.4 Å². The predicted octanol–water partition coefficient (Wildman–Crippen LogP) is 2.44. The molecule has 0 unspecified atom stereocenters. The summed E-state index contributed by atoms with van der Waals surface area (Å²) >= 11 is 1.82. The standard InChI is InChI=1S/C12H23N5S/c1-8(2)9-10(14-6-12(3,4)18-5)15-7-16-11(9)17-13/h7-8H,6,13H2,1-5H3,(H2,14,15,16,17). The van der Waals surface area contributed by atoms with Gasteiger partial charge >= 0.3 is 0 Å². The summed E-state index contributed by atoms with van der Waals surface area (Å²) in [4.78, 5) is 8.47. The first-order valence-corrected chi connectivity index (χ1v) is 7.24. The highest BCUT2D eigenvalue weighted by atomic mass is 32.2. The van der Waals surface area contributed by atoms with Crippen LogP contribution in [0, 0.1) is 0 Å². The third-order valence-electron chi connectivity index (χ3n) is 2.83. The number of aromatic nitrogens is 2. The number of thioether (sulfide) groups is 1. The Morgan fingerprint density at radius 1 is 1.33 bits per heavy atom. The van der Waals surface area contributed by atoms with E-state index in [0.717, 1.165) is 17.9 Å². The van der Waals surface area contributed by atoms with Gasteiger partial charge in [-0.1, -0.05) is 13.8 Å². The molecule has 0 fully saturated rings. The van der Waals surface area contributed by atoms with Crippen LogP contribution in [-0.4, -0.2) is 27.5 Å². The van der Waals surface area contributed by atoms with Crippen LogP contribution < -0.4 is 16.6 Å². The highest BCUT2D eigenvalue weighted by Crippen LogP contribution is 2.29.